The van der Waals surface area contributed by atoms with Gasteiger partial charge in [-0.3, -0.25) is 4.98 Å². The summed E-state index contributed by atoms with van der Waals surface area (Å²) in [5.41, 5.74) is 7.94. The summed E-state index contributed by atoms with van der Waals surface area (Å²) in [4.78, 5) is 9.76. The van der Waals surface area contributed by atoms with Crippen LogP contribution in [0, 0.1) is 5.92 Å². The normalized spacial score (nSPS) is 16.7. The third-order valence-electron chi connectivity index (χ3n) is 3.82. The van der Waals surface area contributed by atoms with Gasteiger partial charge in [-0.05, 0) is 25.0 Å². The summed E-state index contributed by atoms with van der Waals surface area (Å²) in [6, 6.07) is 10.1. The second kappa shape index (κ2) is 5.90. The number of rotatable bonds is 4. The fraction of sp³-hybridized carbons (Fsp3) is 0.375. The highest BCUT2D eigenvalue weighted by atomic mass is 16.6. The van der Waals surface area contributed by atoms with Crippen LogP contribution in [-0.2, 0) is 11.4 Å². The minimum absolute atomic E-state index is 0.407. The molecule has 1 aromatic carbocycles. The van der Waals surface area contributed by atoms with Crippen LogP contribution in [0.15, 0.2) is 41.7 Å². The summed E-state index contributed by atoms with van der Waals surface area (Å²) in [5, 5.41) is 5.16. The third kappa shape index (κ3) is 2.90. The summed E-state index contributed by atoms with van der Waals surface area (Å²) in [5.74, 6) is 1.04. The number of aromatic nitrogens is 1. The molecule has 0 amide bonds. The van der Waals surface area contributed by atoms with Crippen LogP contribution in [0.2, 0.25) is 0 Å². The van der Waals surface area contributed by atoms with Crippen molar-refractivity contribution in [3.63, 3.8) is 0 Å². The first-order valence-electron chi connectivity index (χ1n) is 7.12. The van der Waals surface area contributed by atoms with E-state index in [0.717, 1.165) is 29.3 Å². The Kier molecular flexibility index (Phi) is 3.81. The van der Waals surface area contributed by atoms with Gasteiger partial charge in [-0.15, -0.1) is 0 Å². The minimum atomic E-state index is 0.407. The Morgan fingerprint density at radius 3 is 2.95 bits per heavy atom. The van der Waals surface area contributed by atoms with Crippen molar-refractivity contribution < 1.29 is 4.84 Å². The monoisotopic (exact) mass is 269 g/mol. The van der Waals surface area contributed by atoms with Gasteiger partial charge >= 0.3 is 0 Å². The second-order valence-corrected chi connectivity index (χ2v) is 5.31. The largest absolute Gasteiger partial charge is 0.389 e. The molecule has 20 heavy (non-hydrogen) atoms. The predicted molar refractivity (Wildman–Crippen MR) is 80.1 cm³/mol. The van der Waals surface area contributed by atoms with Crippen molar-refractivity contribution in [2.24, 2.45) is 16.8 Å². The summed E-state index contributed by atoms with van der Waals surface area (Å²) < 4.78 is 0. The fourth-order valence-corrected chi connectivity index (χ4v) is 2.67. The number of hydrogen-bond donors (Lipinski definition) is 1. The van der Waals surface area contributed by atoms with Gasteiger partial charge in [0.15, 0.2) is 0 Å². The van der Waals surface area contributed by atoms with E-state index in [4.69, 9.17) is 10.6 Å². The molecule has 4 heteroatoms. The molecule has 4 nitrogen and oxygen atoms in total. The molecule has 104 valence electrons. The van der Waals surface area contributed by atoms with E-state index >= 15 is 0 Å². The molecule has 3 rings (SSSR count). The zero-order chi connectivity index (χ0) is 13.8. The van der Waals surface area contributed by atoms with Gasteiger partial charge in [-0.25, -0.2) is 0 Å². The molecule has 0 unspecified atom stereocenters. The summed E-state index contributed by atoms with van der Waals surface area (Å²) >= 11 is 0. The quantitative estimate of drug-likeness (QED) is 0.526. The molecule has 0 saturated heterocycles. The Hall–Kier alpha value is -2.10. The van der Waals surface area contributed by atoms with Crippen molar-refractivity contribution in [2.45, 2.75) is 32.3 Å². The standard InChI is InChI=1S/C16H19N3O/c17-16(13-5-1-2-6-13)19-20-11-12-9-14-7-3-4-8-15(14)18-10-12/h3-4,7-10,13H,1-2,5-6,11H2,(H2,17,19). The van der Waals surface area contributed by atoms with Gasteiger partial charge in [0.05, 0.1) is 5.52 Å². The lowest BCUT2D eigenvalue weighted by Crippen LogP contribution is -2.21. The SMILES string of the molecule is N/C(=N\OCc1cnc2ccccc2c1)C1CCCC1. The number of nitrogens with zero attached hydrogens (tertiary/aromatic N) is 2. The molecular formula is C16H19N3O. The van der Waals surface area contributed by atoms with E-state index in [1.807, 2.05) is 30.5 Å². The van der Waals surface area contributed by atoms with Crippen molar-refractivity contribution in [3.8, 4) is 0 Å². The Bertz CT molecular complexity index is 618. The number of nitrogens with two attached hydrogens (primary N) is 1. The van der Waals surface area contributed by atoms with Gasteiger partial charge in [0, 0.05) is 23.1 Å². The lowest BCUT2D eigenvalue weighted by atomic mass is 10.1. The highest BCUT2D eigenvalue weighted by molar-refractivity contribution is 5.82. The number of oxime groups is 1. The van der Waals surface area contributed by atoms with Crippen LogP contribution in [-0.4, -0.2) is 10.8 Å². The predicted octanol–water partition coefficient (Wildman–Crippen LogP) is 3.21. The molecule has 0 atom stereocenters. The van der Waals surface area contributed by atoms with Crippen molar-refractivity contribution in [3.05, 3.63) is 42.1 Å². The molecule has 0 bridgehead atoms. The van der Waals surface area contributed by atoms with Crippen LogP contribution in [0.1, 0.15) is 31.2 Å². The lowest BCUT2D eigenvalue weighted by molar-refractivity contribution is 0.128. The number of para-hydroxylation sites is 1. The van der Waals surface area contributed by atoms with Gasteiger partial charge < -0.3 is 10.6 Å². The third-order valence-corrected chi connectivity index (χ3v) is 3.82. The number of fused-ring (bicyclic) bond motifs is 1. The number of benzene rings is 1. The van der Waals surface area contributed by atoms with Crippen LogP contribution in [0.25, 0.3) is 10.9 Å². The molecule has 0 radical (unpaired) electrons. The maximum absolute atomic E-state index is 5.94. The van der Waals surface area contributed by atoms with Gasteiger partial charge in [0.2, 0.25) is 0 Å². The molecule has 2 aromatic rings. The van der Waals surface area contributed by atoms with Gasteiger partial charge in [0.1, 0.15) is 12.4 Å². The maximum atomic E-state index is 5.94. The van der Waals surface area contributed by atoms with E-state index in [9.17, 15) is 0 Å². The summed E-state index contributed by atoms with van der Waals surface area (Å²) in [6.45, 7) is 0.408. The van der Waals surface area contributed by atoms with E-state index < -0.39 is 0 Å². The van der Waals surface area contributed by atoms with Crippen LogP contribution in [0.3, 0.4) is 0 Å². The van der Waals surface area contributed by atoms with Crippen LogP contribution >= 0.6 is 0 Å². The van der Waals surface area contributed by atoms with E-state index in [-0.39, 0.29) is 0 Å². The van der Waals surface area contributed by atoms with Crippen molar-refractivity contribution >= 4 is 16.7 Å². The summed E-state index contributed by atoms with van der Waals surface area (Å²) in [6.07, 6.45) is 6.58. The molecule has 1 saturated carbocycles. The molecule has 1 aromatic heterocycles. The summed E-state index contributed by atoms with van der Waals surface area (Å²) in [7, 11) is 0. The van der Waals surface area contributed by atoms with E-state index in [2.05, 4.69) is 16.2 Å². The van der Waals surface area contributed by atoms with Gasteiger partial charge in [-0.2, -0.15) is 0 Å². The number of pyridine rings is 1. The number of amidine groups is 1. The van der Waals surface area contributed by atoms with Crippen molar-refractivity contribution in [1.29, 1.82) is 0 Å². The van der Waals surface area contributed by atoms with Gasteiger partial charge in [-0.1, -0.05) is 36.2 Å². The van der Waals surface area contributed by atoms with Gasteiger partial charge in [0.25, 0.3) is 0 Å². The highest BCUT2D eigenvalue weighted by Gasteiger charge is 2.18. The molecule has 0 spiro atoms. The minimum Gasteiger partial charge on any atom is -0.389 e. The van der Waals surface area contributed by atoms with E-state index in [1.54, 1.807) is 0 Å². The van der Waals surface area contributed by atoms with Crippen molar-refractivity contribution in [1.82, 2.24) is 4.98 Å². The molecule has 1 heterocycles. The Morgan fingerprint density at radius 2 is 2.10 bits per heavy atom. The van der Waals surface area contributed by atoms with Crippen LogP contribution in [0.4, 0.5) is 0 Å². The maximum Gasteiger partial charge on any atom is 0.143 e. The molecule has 2 N–H and O–H groups in total. The average Bonchev–Trinajstić information content (AvgIpc) is 3.01. The Morgan fingerprint density at radius 1 is 1.30 bits per heavy atom. The fourth-order valence-electron chi connectivity index (χ4n) is 2.67. The van der Waals surface area contributed by atoms with Crippen molar-refractivity contribution in [2.75, 3.05) is 0 Å². The van der Waals surface area contributed by atoms with Crippen LogP contribution < -0.4 is 5.73 Å². The topological polar surface area (TPSA) is 60.5 Å². The van der Waals surface area contributed by atoms with Crippen LogP contribution in [0.5, 0.6) is 0 Å². The molecular weight excluding hydrogens is 250 g/mol. The highest BCUT2D eigenvalue weighted by Crippen LogP contribution is 2.24. The Labute approximate surface area is 118 Å². The average molecular weight is 269 g/mol. The molecule has 1 aliphatic rings. The lowest BCUT2D eigenvalue weighted by Gasteiger charge is -2.08. The smallest absolute Gasteiger partial charge is 0.143 e. The molecule has 0 aliphatic heterocycles. The molecule has 1 fully saturated rings. The molecule has 1 aliphatic carbocycles. The first-order valence-corrected chi connectivity index (χ1v) is 7.12. The first-order chi connectivity index (χ1) is 9.83. The Balaban J connectivity index is 1.63. The number of hydrogen-bond acceptors (Lipinski definition) is 3. The van der Waals surface area contributed by atoms with E-state index in [1.165, 1.54) is 12.8 Å². The zero-order valence-corrected chi connectivity index (χ0v) is 11.5. The first kappa shape index (κ1) is 12.9. The zero-order valence-electron chi connectivity index (χ0n) is 11.5. The second-order valence-electron chi connectivity index (χ2n) is 5.31. The van der Waals surface area contributed by atoms with E-state index in [0.29, 0.717) is 18.4 Å².